The van der Waals surface area contributed by atoms with Crippen LogP contribution in [0.15, 0.2) is 6.20 Å². The van der Waals surface area contributed by atoms with Gasteiger partial charge in [0.2, 0.25) is 0 Å². The third-order valence-electron chi connectivity index (χ3n) is 1.83. The lowest BCUT2D eigenvalue weighted by Crippen LogP contribution is -2.47. The number of hydrogen-bond donors (Lipinski definition) is 2. The number of rotatable bonds is 1. The van der Waals surface area contributed by atoms with E-state index >= 15 is 0 Å². The van der Waals surface area contributed by atoms with Gasteiger partial charge in [0.15, 0.2) is 5.60 Å². The highest BCUT2D eigenvalue weighted by Gasteiger charge is 2.40. The number of imidazole rings is 1. The highest BCUT2D eigenvalue weighted by Crippen LogP contribution is 2.26. The molecule has 4 heteroatoms. The molecule has 2 heterocycles. The van der Waals surface area contributed by atoms with Crippen molar-refractivity contribution in [3.05, 3.63) is 17.7 Å². The minimum absolute atomic E-state index is 0.347. The second-order valence-electron chi connectivity index (χ2n) is 2.94. The zero-order valence-electron chi connectivity index (χ0n) is 6.29. The Morgan fingerprint density at radius 3 is 2.82 bits per heavy atom. The van der Waals surface area contributed by atoms with Crippen molar-refractivity contribution in [2.45, 2.75) is 12.5 Å². The Balaban J connectivity index is 2.28. The highest BCUT2D eigenvalue weighted by atomic mass is 16.5. The first kappa shape index (κ1) is 6.82. The molecule has 1 saturated heterocycles. The van der Waals surface area contributed by atoms with E-state index in [2.05, 4.69) is 9.97 Å². The standard InChI is InChI=1S/C7H10N2O2/c1-5-2-8-6(9-5)7(10)3-11-4-7/h2,10H,3-4H2,1H3,(H,8,9). The number of aromatic amines is 1. The van der Waals surface area contributed by atoms with Crippen LogP contribution < -0.4 is 0 Å². The predicted molar refractivity (Wildman–Crippen MR) is 38.0 cm³/mol. The minimum atomic E-state index is -0.853. The molecule has 0 bridgehead atoms. The van der Waals surface area contributed by atoms with Gasteiger partial charge in [0.05, 0.1) is 13.2 Å². The van der Waals surface area contributed by atoms with Crippen LogP contribution >= 0.6 is 0 Å². The van der Waals surface area contributed by atoms with Crippen LogP contribution in [0.1, 0.15) is 11.5 Å². The summed E-state index contributed by atoms with van der Waals surface area (Å²) in [5.41, 5.74) is 0.106. The Labute approximate surface area is 64.2 Å². The van der Waals surface area contributed by atoms with E-state index in [1.807, 2.05) is 6.92 Å². The molecule has 0 aromatic carbocycles. The maximum absolute atomic E-state index is 9.68. The van der Waals surface area contributed by atoms with Crippen LogP contribution in [0.5, 0.6) is 0 Å². The number of aromatic nitrogens is 2. The van der Waals surface area contributed by atoms with Crippen molar-refractivity contribution < 1.29 is 9.84 Å². The second kappa shape index (κ2) is 2.06. The van der Waals surface area contributed by atoms with E-state index in [1.54, 1.807) is 6.20 Å². The Morgan fingerprint density at radius 1 is 1.73 bits per heavy atom. The summed E-state index contributed by atoms with van der Waals surface area (Å²) >= 11 is 0. The molecule has 1 aromatic heterocycles. The number of H-pyrrole nitrogens is 1. The summed E-state index contributed by atoms with van der Waals surface area (Å²) in [5.74, 6) is 0.612. The lowest BCUT2D eigenvalue weighted by molar-refractivity contribution is -0.188. The molecule has 11 heavy (non-hydrogen) atoms. The van der Waals surface area contributed by atoms with E-state index in [0.717, 1.165) is 5.69 Å². The van der Waals surface area contributed by atoms with Crippen molar-refractivity contribution >= 4 is 0 Å². The third kappa shape index (κ3) is 0.948. The molecule has 0 spiro atoms. The normalized spacial score (nSPS) is 21.3. The molecule has 0 unspecified atom stereocenters. The molecule has 60 valence electrons. The van der Waals surface area contributed by atoms with E-state index in [0.29, 0.717) is 19.0 Å². The van der Waals surface area contributed by atoms with Crippen molar-refractivity contribution in [2.24, 2.45) is 0 Å². The Bertz CT molecular complexity index is 265. The lowest BCUT2D eigenvalue weighted by atomic mass is 10.0. The molecule has 2 rings (SSSR count). The lowest BCUT2D eigenvalue weighted by Gasteiger charge is -2.34. The van der Waals surface area contributed by atoms with Gasteiger partial charge in [0, 0.05) is 11.9 Å². The molecular formula is C7H10N2O2. The van der Waals surface area contributed by atoms with Gasteiger partial charge in [-0.1, -0.05) is 0 Å². The fraction of sp³-hybridized carbons (Fsp3) is 0.571. The second-order valence-corrected chi connectivity index (χ2v) is 2.94. The van der Waals surface area contributed by atoms with Crippen molar-refractivity contribution in [2.75, 3.05) is 13.2 Å². The first-order chi connectivity index (χ1) is 5.21. The topological polar surface area (TPSA) is 58.1 Å². The van der Waals surface area contributed by atoms with Gasteiger partial charge in [0.1, 0.15) is 5.82 Å². The maximum Gasteiger partial charge on any atom is 0.168 e. The zero-order valence-corrected chi connectivity index (χ0v) is 6.29. The van der Waals surface area contributed by atoms with Gasteiger partial charge in [-0.2, -0.15) is 0 Å². The molecule has 0 aliphatic carbocycles. The van der Waals surface area contributed by atoms with Gasteiger partial charge in [-0.25, -0.2) is 4.98 Å². The monoisotopic (exact) mass is 154 g/mol. The Hall–Kier alpha value is -0.870. The smallest absolute Gasteiger partial charge is 0.168 e. The Kier molecular flexibility index (Phi) is 1.27. The number of aryl methyl sites for hydroxylation is 1. The summed E-state index contributed by atoms with van der Waals surface area (Å²) in [6.07, 6.45) is 1.70. The van der Waals surface area contributed by atoms with Crippen molar-refractivity contribution in [1.82, 2.24) is 9.97 Å². The molecule has 0 amide bonds. The zero-order chi connectivity index (χ0) is 7.90. The summed E-state index contributed by atoms with van der Waals surface area (Å²) in [6.45, 7) is 2.60. The SMILES string of the molecule is Cc1cnc(C2(O)COC2)[nH]1. The van der Waals surface area contributed by atoms with Gasteiger partial charge in [0.25, 0.3) is 0 Å². The number of hydrogen-bond acceptors (Lipinski definition) is 3. The predicted octanol–water partition coefficient (Wildman–Crippen LogP) is -0.0641. The van der Waals surface area contributed by atoms with Gasteiger partial charge in [-0.3, -0.25) is 0 Å². The summed E-state index contributed by atoms with van der Waals surface area (Å²) in [5, 5.41) is 9.68. The van der Waals surface area contributed by atoms with Crippen LogP contribution in [0.2, 0.25) is 0 Å². The fourth-order valence-electron chi connectivity index (χ4n) is 1.08. The quantitative estimate of drug-likeness (QED) is 0.595. The largest absolute Gasteiger partial charge is 0.377 e. The summed E-state index contributed by atoms with van der Waals surface area (Å²) in [6, 6.07) is 0. The van der Waals surface area contributed by atoms with Crippen molar-refractivity contribution in [1.29, 1.82) is 0 Å². The van der Waals surface area contributed by atoms with Crippen LogP contribution in [-0.2, 0) is 10.3 Å². The molecule has 1 aromatic rings. The van der Waals surface area contributed by atoms with Crippen LogP contribution in [-0.4, -0.2) is 28.3 Å². The first-order valence-electron chi connectivity index (χ1n) is 3.53. The molecule has 0 saturated carbocycles. The summed E-state index contributed by atoms with van der Waals surface area (Å²) < 4.78 is 4.89. The minimum Gasteiger partial charge on any atom is -0.377 e. The van der Waals surface area contributed by atoms with Crippen molar-refractivity contribution in [3.63, 3.8) is 0 Å². The molecule has 0 radical (unpaired) electrons. The molecule has 2 N–H and O–H groups in total. The molecule has 1 fully saturated rings. The van der Waals surface area contributed by atoms with Gasteiger partial charge in [-0.15, -0.1) is 0 Å². The molecule has 0 atom stereocenters. The highest BCUT2D eigenvalue weighted by molar-refractivity contribution is 5.09. The molecular weight excluding hydrogens is 144 g/mol. The molecule has 1 aliphatic rings. The number of nitrogens with one attached hydrogen (secondary N) is 1. The summed E-state index contributed by atoms with van der Waals surface area (Å²) in [7, 11) is 0. The average molecular weight is 154 g/mol. The van der Waals surface area contributed by atoms with E-state index in [-0.39, 0.29) is 0 Å². The van der Waals surface area contributed by atoms with E-state index in [4.69, 9.17) is 4.74 Å². The van der Waals surface area contributed by atoms with Gasteiger partial charge >= 0.3 is 0 Å². The average Bonchev–Trinajstić information content (AvgIpc) is 2.31. The van der Waals surface area contributed by atoms with Crippen LogP contribution in [0.3, 0.4) is 0 Å². The van der Waals surface area contributed by atoms with Gasteiger partial charge in [-0.05, 0) is 6.92 Å². The maximum atomic E-state index is 9.68. The number of aliphatic hydroxyl groups is 1. The number of ether oxygens (including phenoxy) is 1. The van der Waals surface area contributed by atoms with Crippen LogP contribution in [0, 0.1) is 6.92 Å². The summed E-state index contributed by atoms with van der Waals surface area (Å²) in [4.78, 5) is 7.00. The number of nitrogens with zero attached hydrogens (tertiary/aromatic N) is 1. The molecule has 1 aliphatic heterocycles. The molecule has 4 nitrogen and oxygen atoms in total. The van der Waals surface area contributed by atoms with Crippen molar-refractivity contribution in [3.8, 4) is 0 Å². The first-order valence-corrected chi connectivity index (χ1v) is 3.53. The van der Waals surface area contributed by atoms with E-state index < -0.39 is 5.60 Å². The van der Waals surface area contributed by atoms with E-state index in [1.165, 1.54) is 0 Å². The van der Waals surface area contributed by atoms with Crippen LogP contribution in [0.4, 0.5) is 0 Å². The van der Waals surface area contributed by atoms with Gasteiger partial charge < -0.3 is 14.8 Å². The fourth-order valence-corrected chi connectivity index (χ4v) is 1.08. The van der Waals surface area contributed by atoms with E-state index in [9.17, 15) is 5.11 Å². The third-order valence-corrected chi connectivity index (χ3v) is 1.83. The Morgan fingerprint density at radius 2 is 2.45 bits per heavy atom. The van der Waals surface area contributed by atoms with Crippen LogP contribution in [0.25, 0.3) is 0 Å².